The summed E-state index contributed by atoms with van der Waals surface area (Å²) in [4.78, 5) is 4.15. The van der Waals surface area contributed by atoms with Crippen molar-refractivity contribution in [1.82, 2.24) is 19.6 Å². The van der Waals surface area contributed by atoms with E-state index in [-0.39, 0.29) is 0 Å². The third kappa shape index (κ3) is 1.27. The molecule has 68 valence electrons. The topological polar surface area (TPSA) is 69.1 Å². The van der Waals surface area contributed by atoms with Crippen molar-refractivity contribution >= 4 is 5.78 Å². The van der Waals surface area contributed by atoms with E-state index in [0.717, 1.165) is 17.7 Å². The largest absolute Gasteiger partial charge is 0.330 e. The molecule has 0 aliphatic carbocycles. The van der Waals surface area contributed by atoms with Crippen LogP contribution in [0.1, 0.15) is 11.3 Å². The molecule has 0 atom stereocenters. The molecular formula is C8H11N5. The van der Waals surface area contributed by atoms with Gasteiger partial charge in [0.2, 0.25) is 0 Å². The van der Waals surface area contributed by atoms with E-state index in [1.54, 1.807) is 6.33 Å². The molecule has 0 aromatic carbocycles. The molecule has 0 radical (unpaired) electrons. The van der Waals surface area contributed by atoms with Crippen LogP contribution in [0.4, 0.5) is 0 Å². The molecule has 0 unspecified atom stereocenters. The van der Waals surface area contributed by atoms with Gasteiger partial charge in [-0.1, -0.05) is 0 Å². The molecule has 2 N–H and O–H groups in total. The SMILES string of the molecule is Cc1c(CCN)cnc2nncn12. The molecule has 2 aromatic rings. The average molecular weight is 177 g/mol. The van der Waals surface area contributed by atoms with Gasteiger partial charge in [-0.3, -0.25) is 4.40 Å². The lowest BCUT2D eigenvalue weighted by Gasteiger charge is -2.04. The molecular weight excluding hydrogens is 166 g/mol. The summed E-state index contributed by atoms with van der Waals surface area (Å²) in [7, 11) is 0. The minimum absolute atomic E-state index is 0.635. The summed E-state index contributed by atoms with van der Waals surface area (Å²) >= 11 is 0. The number of nitrogens with two attached hydrogens (primary N) is 1. The monoisotopic (exact) mass is 177 g/mol. The van der Waals surface area contributed by atoms with Gasteiger partial charge in [0.1, 0.15) is 6.33 Å². The molecule has 0 bridgehead atoms. The normalized spacial score (nSPS) is 10.9. The van der Waals surface area contributed by atoms with E-state index in [4.69, 9.17) is 5.73 Å². The van der Waals surface area contributed by atoms with Crippen LogP contribution in [-0.2, 0) is 6.42 Å². The number of hydrogen-bond acceptors (Lipinski definition) is 4. The molecule has 0 saturated heterocycles. The molecule has 0 fully saturated rings. The summed E-state index contributed by atoms with van der Waals surface area (Å²) in [6.45, 7) is 2.65. The fourth-order valence-corrected chi connectivity index (χ4v) is 1.34. The van der Waals surface area contributed by atoms with Crippen LogP contribution < -0.4 is 5.73 Å². The Hall–Kier alpha value is -1.49. The third-order valence-corrected chi connectivity index (χ3v) is 2.11. The molecule has 0 amide bonds. The Morgan fingerprint density at radius 1 is 1.54 bits per heavy atom. The highest BCUT2D eigenvalue weighted by molar-refractivity contribution is 5.31. The number of aromatic nitrogens is 4. The second kappa shape index (κ2) is 3.10. The molecule has 0 spiro atoms. The Morgan fingerprint density at radius 2 is 2.38 bits per heavy atom. The highest BCUT2D eigenvalue weighted by Crippen LogP contribution is 2.07. The maximum Gasteiger partial charge on any atom is 0.254 e. The van der Waals surface area contributed by atoms with Crippen molar-refractivity contribution in [2.75, 3.05) is 6.54 Å². The number of hydrogen-bond donors (Lipinski definition) is 1. The van der Waals surface area contributed by atoms with Gasteiger partial charge >= 0.3 is 0 Å². The highest BCUT2D eigenvalue weighted by Gasteiger charge is 2.03. The summed E-state index contributed by atoms with van der Waals surface area (Å²) < 4.78 is 1.87. The van der Waals surface area contributed by atoms with Gasteiger partial charge in [-0.2, -0.15) is 0 Å². The van der Waals surface area contributed by atoms with E-state index in [1.807, 2.05) is 17.5 Å². The zero-order valence-electron chi connectivity index (χ0n) is 7.44. The van der Waals surface area contributed by atoms with Crippen LogP contribution >= 0.6 is 0 Å². The molecule has 2 heterocycles. The second-order valence-corrected chi connectivity index (χ2v) is 2.91. The molecule has 5 nitrogen and oxygen atoms in total. The first-order chi connectivity index (χ1) is 6.33. The van der Waals surface area contributed by atoms with E-state index in [9.17, 15) is 0 Å². The Morgan fingerprint density at radius 3 is 3.15 bits per heavy atom. The molecule has 0 saturated carbocycles. The van der Waals surface area contributed by atoms with Crippen LogP contribution in [0, 0.1) is 6.92 Å². The summed E-state index contributed by atoms with van der Waals surface area (Å²) in [6.07, 6.45) is 4.32. The minimum Gasteiger partial charge on any atom is -0.330 e. The summed E-state index contributed by atoms with van der Waals surface area (Å²) in [5, 5.41) is 7.63. The summed E-state index contributed by atoms with van der Waals surface area (Å²) in [5.74, 6) is 0.637. The Kier molecular flexibility index (Phi) is 1.94. The Labute approximate surface area is 75.6 Å². The van der Waals surface area contributed by atoms with E-state index in [1.165, 1.54) is 0 Å². The van der Waals surface area contributed by atoms with Crippen LogP contribution in [0.2, 0.25) is 0 Å². The quantitative estimate of drug-likeness (QED) is 0.697. The number of nitrogens with zero attached hydrogens (tertiary/aromatic N) is 4. The Balaban J connectivity index is 2.59. The molecule has 2 rings (SSSR count). The molecule has 2 aromatic heterocycles. The van der Waals surface area contributed by atoms with Gasteiger partial charge < -0.3 is 5.73 Å². The predicted molar refractivity (Wildman–Crippen MR) is 48.3 cm³/mol. The molecule has 0 aliphatic heterocycles. The lowest BCUT2D eigenvalue weighted by molar-refractivity contribution is 0.904. The van der Waals surface area contributed by atoms with Gasteiger partial charge in [0.15, 0.2) is 0 Å². The fourth-order valence-electron chi connectivity index (χ4n) is 1.34. The first-order valence-corrected chi connectivity index (χ1v) is 4.17. The van der Waals surface area contributed by atoms with Gasteiger partial charge in [0, 0.05) is 11.9 Å². The molecule has 5 heteroatoms. The number of fused-ring (bicyclic) bond motifs is 1. The van der Waals surface area contributed by atoms with Gasteiger partial charge in [0.05, 0.1) is 0 Å². The van der Waals surface area contributed by atoms with Gasteiger partial charge in [0.25, 0.3) is 5.78 Å². The zero-order valence-corrected chi connectivity index (χ0v) is 7.44. The van der Waals surface area contributed by atoms with Crippen molar-refractivity contribution in [3.8, 4) is 0 Å². The maximum atomic E-state index is 5.48. The van der Waals surface area contributed by atoms with Crippen molar-refractivity contribution in [3.05, 3.63) is 23.8 Å². The van der Waals surface area contributed by atoms with Crippen LogP contribution in [0.5, 0.6) is 0 Å². The van der Waals surface area contributed by atoms with E-state index < -0.39 is 0 Å². The van der Waals surface area contributed by atoms with Gasteiger partial charge in [-0.05, 0) is 25.5 Å². The van der Waals surface area contributed by atoms with Gasteiger partial charge in [-0.25, -0.2) is 4.98 Å². The summed E-state index contributed by atoms with van der Waals surface area (Å²) in [5.41, 5.74) is 7.74. The second-order valence-electron chi connectivity index (χ2n) is 2.91. The Bertz CT molecular complexity index is 419. The smallest absolute Gasteiger partial charge is 0.254 e. The van der Waals surface area contributed by atoms with Crippen LogP contribution in [0.15, 0.2) is 12.5 Å². The van der Waals surface area contributed by atoms with Crippen LogP contribution in [-0.4, -0.2) is 26.1 Å². The lowest BCUT2D eigenvalue weighted by atomic mass is 10.2. The highest BCUT2D eigenvalue weighted by atomic mass is 15.3. The van der Waals surface area contributed by atoms with E-state index >= 15 is 0 Å². The number of aryl methyl sites for hydroxylation is 1. The third-order valence-electron chi connectivity index (χ3n) is 2.11. The van der Waals surface area contributed by atoms with Crippen LogP contribution in [0.3, 0.4) is 0 Å². The van der Waals surface area contributed by atoms with Crippen LogP contribution in [0.25, 0.3) is 5.78 Å². The van der Waals surface area contributed by atoms with Crippen molar-refractivity contribution < 1.29 is 0 Å². The molecule has 0 aliphatic rings. The summed E-state index contributed by atoms with van der Waals surface area (Å²) in [6, 6.07) is 0. The number of rotatable bonds is 2. The zero-order chi connectivity index (χ0) is 9.26. The van der Waals surface area contributed by atoms with Crippen molar-refractivity contribution in [1.29, 1.82) is 0 Å². The van der Waals surface area contributed by atoms with Crippen molar-refractivity contribution in [2.45, 2.75) is 13.3 Å². The predicted octanol–water partition coefficient (Wildman–Crippen LogP) is -0.0661. The first kappa shape index (κ1) is 8.12. The standard InChI is InChI=1S/C8H11N5/c1-6-7(2-3-9)4-10-8-12-11-5-13(6)8/h4-5H,2-3,9H2,1H3. The minimum atomic E-state index is 0.635. The van der Waals surface area contributed by atoms with Crippen molar-refractivity contribution in [2.24, 2.45) is 5.73 Å². The van der Waals surface area contributed by atoms with Crippen molar-refractivity contribution in [3.63, 3.8) is 0 Å². The fraction of sp³-hybridized carbons (Fsp3) is 0.375. The lowest BCUT2D eigenvalue weighted by Crippen LogP contribution is -2.07. The van der Waals surface area contributed by atoms with Gasteiger partial charge in [-0.15, -0.1) is 10.2 Å². The maximum absolute atomic E-state index is 5.48. The average Bonchev–Trinajstić information content (AvgIpc) is 2.58. The van der Waals surface area contributed by atoms with E-state index in [2.05, 4.69) is 15.2 Å². The molecule has 13 heavy (non-hydrogen) atoms. The van der Waals surface area contributed by atoms with E-state index in [0.29, 0.717) is 12.3 Å². The first-order valence-electron chi connectivity index (χ1n) is 4.17.